The Hall–Kier alpha value is -0.690. The van der Waals surface area contributed by atoms with Crippen LogP contribution in [0.5, 0.6) is 0 Å². The number of carbonyl (C=O) groups is 1. The number of hydrogen-bond donors (Lipinski definition) is 2. The first-order chi connectivity index (χ1) is 9.63. The average molecular weight is 416 g/mol. The van der Waals surface area contributed by atoms with Crippen molar-refractivity contribution in [1.82, 2.24) is 10.6 Å². The molecule has 0 radical (unpaired) electrons. The second-order valence-corrected chi connectivity index (χ2v) is 7.85. The van der Waals surface area contributed by atoms with Crippen LogP contribution in [0.2, 0.25) is 0 Å². The Morgan fingerprint density at radius 2 is 2.05 bits per heavy atom. The Morgan fingerprint density at radius 3 is 2.80 bits per heavy atom. The molecule has 2 heterocycles. The zero-order valence-corrected chi connectivity index (χ0v) is 14.5. The number of fused-ring (bicyclic) bond motifs is 1. The number of carbonyl (C=O) groups excluding carboxylic acids is 1. The summed E-state index contributed by atoms with van der Waals surface area (Å²) in [4.78, 5) is 12.8. The number of amides is 1. The molecule has 0 spiro atoms. The van der Waals surface area contributed by atoms with Crippen LogP contribution in [-0.4, -0.2) is 5.91 Å². The van der Waals surface area contributed by atoms with Gasteiger partial charge in [-0.1, -0.05) is 18.2 Å². The third kappa shape index (κ3) is 2.98. The predicted molar refractivity (Wildman–Crippen MR) is 87.9 cm³/mol. The summed E-state index contributed by atoms with van der Waals surface area (Å²) in [5.74, 6) is -0.0416. The second kappa shape index (κ2) is 5.97. The van der Waals surface area contributed by atoms with E-state index in [9.17, 15) is 4.79 Å². The summed E-state index contributed by atoms with van der Waals surface area (Å²) in [5.41, 5.74) is 3.82. The highest BCUT2D eigenvalue weighted by Crippen LogP contribution is 2.32. The summed E-state index contributed by atoms with van der Waals surface area (Å²) in [6.07, 6.45) is 0. The van der Waals surface area contributed by atoms with Crippen molar-refractivity contribution in [3.8, 4) is 0 Å². The van der Waals surface area contributed by atoms with E-state index in [1.165, 1.54) is 22.5 Å². The summed E-state index contributed by atoms with van der Waals surface area (Å²) in [6.45, 7) is 2.42. The van der Waals surface area contributed by atoms with E-state index < -0.39 is 0 Å². The topological polar surface area (TPSA) is 41.1 Å². The Labute approximate surface area is 138 Å². The standard InChI is InChI=1S/C14H12Br2N2OS/c15-11-4-12(20-13(11)16)14(19)18-5-8-1-2-9-6-17-7-10(9)3-8/h1-4,17H,5-7H2,(H,18,19). The number of nitrogens with one attached hydrogen (secondary N) is 2. The maximum absolute atomic E-state index is 12.1. The fourth-order valence-corrected chi connectivity index (χ4v) is 4.14. The van der Waals surface area contributed by atoms with E-state index in [1.54, 1.807) is 0 Å². The summed E-state index contributed by atoms with van der Waals surface area (Å²) < 4.78 is 1.85. The molecule has 1 aromatic heterocycles. The molecule has 3 nitrogen and oxygen atoms in total. The van der Waals surface area contributed by atoms with E-state index in [4.69, 9.17) is 0 Å². The van der Waals surface area contributed by atoms with Crippen molar-refractivity contribution in [2.45, 2.75) is 19.6 Å². The van der Waals surface area contributed by atoms with Crippen molar-refractivity contribution in [3.05, 3.63) is 54.1 Å². The van der Waals surface area contributed by atoms with E-state index in [2.05, 4.69) is 60.7 Å². The summed E-state index contributed by atoms with van der Waals surface area (Å²) in [7, 11) is 0. The molecule has 3 rings (SSSR count). The molecule has 1 aromatic carbocycles. The molecule has 1 aliphatic rings. The van der Waals surface area contributed by atoms with Crippen LogP contribution in [0.15, 0.2) is 32.5 Å². The molecule has 6 heteroatoms. The van der Waals surface area contributed by atoms with Crippen molar-refractivity contribution in [1.29, 1.82) is 0 Å². The lowest BCUT2D eigenvalue weighted by atomic mass is 10.1. The molecule has 0 fully saturated rings. The summed E-state index contributed by atoms with van der Waals surface area (Å²) in [6, 6.07) is 8.20. The molecule has 2 aromatic rings. The van der Waals surface area contributed by atoms with Gasteiger partial charge >= 0.3 is 0 Å². The zero-order valence-electron chi connectivity index (χ0n) is 10.5. The minimum atomic E-state index is -0.0416. The third-order valence-corrected chi connectivity index (χ3v) is 6.48. The first kappa shape index (κ1) is 14.3. The molecule has 20 heavy (non-hydrogen) atoms. The van der Waals surface area contributed by atoms with Gasteiger partial charge in [-0.25, -0.2) is 0 Å². The molecule has 0 bridgehead atoms. The lowest BCUT2D eigenvalue weighted by Crippen LogP contribution is -2.21. The Kier molecular flexibility index (Phi) is 4.26. The van der Waals surface area contributed by atoms with E-state index in [1.807, 2.05) is 6.07 Å². The summed E-state index contributed by atoms with van der Waals surface area (Å²) in [5, 5.41) is 6.27. The zero-order chi connectivity index (χ0) is 14.1. The Balaban J connectivity index is 1.66. The number of halogens is 2. The molecular formula is C14H12Br2N2OS. The number of rotatable bonds is 3. The van der Waals surface area contributed by atoms with Gasteiger partial charge in [-0.15, -0.1) is 11.3 Å². The molecule has 1 aliphatic heterocycles. The van der Waals surface area contributed by atoms with Crippen molar-refractivity contribution in [2.24, 2.45) is 0 Å². The number of benzene rings is 1. The smallest absolute Gasteiger partial charge is 0.261 e. The van der Waals surface area contributed by atoms with E-state index >= 15 is 0 Å². The number of hydrogen-bond acceptors (Lipinski definition) is 3. The third-order valence-electron chi connectivity index (χ3n) is 3.22. The van der Waals surface area contributed by atoms with Gasteiger partial charge in [0, 0.05) is 24.1 Å². The average Bonchev–Trinajstić information content (AvgIpc) is 3.03. The molecule has 104 valence electrons. The van der Waals surface area contributed by atoms with E-state index in [-0.39, 0.29) is 5.91 Å². The normalized spacial score (nSPS) is 13.3. The molecule has 0 saturated heterocycles. The van der Waals surface area contributed by atoms with Crippen molar-refractivity contribution in [2.75, 3.05) is 0 Å². The molecule has 0 atom stereocenters. The molecule has 0 aliphatic carbocycles. The quantitative estimate of drug-likeness (QED) is 0.800. The van der Waals surface area contributed by atoms with Gasteiger partial charge in [-0.05, 0) is 54.6 Å². The highest BCUT2D eigenvalue weighted by molar-refractivity contribution is 9.13. The minimum Gasteiger partial charge on any atom is -0.347 e. The second-order valence-electron chi connectivity index (χ2n) is 4.62. The highest BCUT2D eigenvalue weighted by atomic mass is 79.9. The van der Waals surface area contributed by atoms with Gasteiger partial charge in [0.25, 0.3) is 5.91 Å². The number of thiophene rings is 1. The van der Waals surface area contributed by atoms with Gasteiger partial charge in [0.2, 0.25) is 0 Å². The first-order valence-electron chi connectivity index (χ1n) is 6.18. The monoisotopic (exact) mass is 414 g/mol. The first-order valence-corrected chi connectivity index (χ1v) is 8.58. The predicted octanol–water partition coefficient (Wildman–Crippen LogP) is 3.81. The molecule has 0 unspecified atom stereocenters. The maximum atomic E-state index is 12.1. The van der Waals surface area contributed by atoms with Gasteiger partial charge < -0.3 is 10.6 Å². The molecule has 1 amide bonds. The van der Waals surface area contributed by atoms with Gasteiger partial charge in [0.15, 0.2) is 0 Å². The SMILES string of the molecule is O=C(NCc1ccc2c(c1)CNC2)c1cc(Br)c(Br)s1. The minimum absolute atomic E-state index is 0.0416. The van der Waals surface area contributed by atoms with Gasteiger partial charge in [-0.2, -0.15) is 0 Å². The molecule has 2 N–H and O–H groups in total. The fourth-order valence-electron chi connectivity index (χ4n) is 2.19. The maximum Gasteiger partial charge on any atom is 0.261 e. The lowest BCUT2D eigenvalue weighted by Gasteiger charge is -2.06. The van der Waals surface area contributed by atoms with Gasteiger partial charge in [-0.3, -0.25) is 4.79 Å². The van der Waals surface area contributed by atoms with Crippen LogP contribution in [0, 0.1) is 0 Å². The highest BCUT2D eigenvalue weighted by Gasteiger charge is 2.13. The van der Waals surface area contributed by atoms with E-state index in [0.29, 0.717) is 11.4 Å². The Bertz CT molecular complexity index is 650. The van der Waals surface area contributed by atoms with Crippen LogP contribution in [0.25, 0.3) is 0 Å². The fraction of sp³-hybridized carbons (Fsp3) is 0.214. The van der Waals surface area contributed by atoms with Crippen LogP contribution in [-0.2, 0) is 19.6 Å². The van der Waals surface area contributed by atoms with Gasteiger partial charge in [0.1, 0.15) is 0 Å². The largest absolute Gasteiger partial charge is 0.347 e. The summed E-state index contributed by atoms with van der Waals surface area (Å²) >= 11 is 8.22. The molecular weight excluding hydrogens is 404 g/mol. The van der Waals surface area contributed by atoms with Crippen LogP contribution >= 0.6 is 43.2 Å². The molecule has 0 saturated carbocycles. The Morgan fingerprint density at radius 1 is 1.25 bits per heavy atom. The van der Waals surface area contributed by atoms with Crippen molar-refractivity contribution >= 4 is 49.1 Å². The van der Waals surface area contributed by atoms with Gasteiger partial charge in [0.05, 0.1) is 8.66 Å². The van der Waals surface area contributed by atoms with E-state index in [0.717, 1.165) is 26.9 Å². The van der Waals surface area contributed by atoms with Crippen LogP contribution in [0.3, 0.4) is 0 Å². The van der Waals surface area contributed by atoms with Crippen molar-refractivity contribution in [3.63, 3.8) is 0 Å². The van der Waals surface area contributed by atoms with Crippen LogP contribution < -0.4 is 10.6 Å². The van der Waals surface area contributed by atoms with Crippen molar-refractivity contribution < 1.29 is 4.79 Å². The van der Waals surface area contributed by atoms with Crippen LogP contribution in [0.4, 0.5) is 0 Å². The van der Waals surface area contributed by atoms with Crippen LogP contribution in [0.1, 0.15) is 26.4 Å². The lowest BCUT2D eigenvalue weighted by molar-refractivity contribution is 0.0955.